The van der Waals surface area contributed by atoms with Crippen molar-refractivity contribution in [2.75, 3.05) is 43.6 Å². The number of benzene rings is 2. The molecule has 1 heterocycles. The molecule has 0 aliphatic carbocycles. The van der Waals surface area contributed by atoms with Crippen molar-refractivity contribution in [1.82, 2.24) is 5.32 Å². The Hall–Kier alpha value is -2.99. The minimum Gasteiger partial charge on any atom is -0.497 e. The Morgan fingerprint density at radius 2 is 1.96 bits per heavy atom. The van der Waals surface area contributed by atoms with Crippen LogP contribution in [0.4, 0.5) is 16.2 Å². The van der Waals surface area contributed by atoms with Gasteiger partial charge in [-0.2, -0.15) is 0 Å². The molecule has 0 radical (unpaired) electrons. The highest BCUT2D eigenvalue weighted by Gasteiger charge is 2.15. The van der Waals surface area contributed by atoms with Crippen LogP contribution in [0.25, 0.3) is 6.08 Å². The highest BCUT2D eigenvalue weighted by atomic mass is 16.5. The van der Waals surface area contributed by atoms with Crippen LogP contribution in [0.5, 0.6) is 5.75 Å². The minimum atomic E-state index is -0.287. The van der Waals surface area contributed by atoms with E-state index in [1.807, 2.05) is 54.6 Å². The van der Waals surface area contributed by atoms with E-state index >= 15 is 0 Å². The van der Waals surface area contributed by atoms with Crippen LogP contribution in [0, 0.1) is 0 Å². The van der Waals surface area contributed by atoms with Gasteiger partial charge in [0.1, 0.15) is 5.75 Å². The normalized spacial score (nSPS) is 14.3. The van der Waals surface area contributed by atoms with Crippen LogP contribution in [0.15, 0.2) is 54.7 Å². The molecule has 3 rings (SSSR count). The van der Waals surface area contributed by atoms with E-state index in [9.17, 15) is 4.79 Å². The summed E-state index contributed by atoms with van der Waals surface area (Å²) in [5.74, 6) is 0.774. The number of morpholine rings is 1. The average Bonchev–Trinajstić information content (AvgIpc) is 2.69. The molecule has 26 heavy (non-hydrogen) atoms. The highest BCUT2D eigenvalue weighted by Crippen LogP contribution is 2.26. The van der Waals surface area contributed by atoms with Gasteiger partial charge in [0.15, 0.2) is 0 Å². The Kier molecular flexibility index (Phi) is 6.11. The third-order valence-corrected chi connectivity index (χ3v) is 4.09. The Labute approximate surface area is 153 Å². The van der Waals surface area contributed by atoms with Crippen molar-refractivity contribution in [3.05, 3.63) is 60.3 Å². The third-order valence-electron chi connectivity index (χ3n) is 4.09. The molecule has 1 fully saturated rings. The molecule has 2 aromatic carbocycles. The summed E-state index contributed by atoms with van der Waals surface area (Å²) in [4.78, 5) is 14.4. The zero-order valence-corrected chi connectivity index (χ0v) is 14.8. The Balaban J connectivity index is 1.60. The van der Waals surface area contributed by atoms with E-state index in [-0.39, 0.29) is 6.03 Å². The van der Waals surface area contributed by atoms with Crippen LogP contribution in [0.3, 0.4) is 0 Å². The second-order valence-corrected chi connectivity index (χ2v) is 5.82. The van der Waals surface area contributed by atoms with Gasteiger partial charge in [0.2, 0.25) is 0 Å². The quantitative estimate of drug-likeness (QED) is 0.866. The zero-order chi connectivity index (χ0) is 18.2. The van der Waals surface area contributed by atoms with Gasteiger partial charge in [-0.3, -0.25) is 0 Å². The largest absolute Gasteiger partial charge is 0.497 e. The van der Waals surface area contributed by atoms with Gasteiger partial charge in [0.05, 0.1) is 31.7 Å². The molecule has 2 amide bonds. The van der Waals surface area contributed by atoms with Gasteiger partial charge in [-0.1, -0.05) is 24.3 Å². The van der Waals surface area contributed by atoms with Crippen LogP contribution < -0.4 is 20.3 Å². The van der Waals surface area contributed by atoms with Gasteiger partial charge in [-0.15, -0.1) is 0 Å². The smallest absolute Gasteiger partial charge is 0.323 e. The molecule has 6 nitrogen and oxygen atoms in total. The molecule has 1 aliphatic rings. The number of carbonyl (C=O) groups excluding carboxylic acids is 1. The molecule has 2 N–H and O–H groups in total. The van der Waals surface area contributed by atoms with E-state index in [4.69, 9.17) is 9.47 Å². The van der Waals surface area contributed by atoms with Crippen LogP contribution in [0.1, 0.15) is 5.56 Å². The molecule has 6 heteroatoms. The number of nitrogens with zero attached hydrogens (tertiary/aromatic N) is 1. The predicted molar refractivity (Wildman–Crippen MR) is 104 cm³/mol. The Morgan fingerprint density at radius 1 is 1.15 bits per heavy atom. The van der Waals surface area contributed by atoms with E-state index in [1.54, 1.807) is 13.3 Å². The van der Waals surface area contributed by atoms with Gasteiger partial charge in [-0.05, 0) is 35.9 Å². The number of methoxy groups -OCH3 is 1. The summed E-state index contributed by atoms with van der Waals surface area (Å²) in [6, 6.07) is 15.1. The van der Waals surface area contributed by atoms with Crippen LogP contribution >= 0.6 is 0 Å². The van der Waals surface area contributed by atoms with E-state index in [2.05, 4.69) is 15.5 Å². The first-order valence-electron chi connectivity index (χ1n) is 8.56. The minimum absolute atomic E-state index is 0.287. The zero-order valence-electron chi connectivity index (χ0n) is 14.8. The monoisotopic (exact) mass is 353 g/mol. The molecule has 0 saturated carbocycles. The topological polar surface area (TPSA) is 62.8 Å². The first kappa shape index (κ1) is 17.8. The molecule has 2 aromatic rings. The molecular formula is C20H23N3O3. The van der Waals surface area contributed by atoms with Crippen molar-refractivity contribution in [2.45, 2.75) is 0 Å². The maximum atomic E-state index is 12.2. The fourth-order valence-corrected chi connectivity index (χ4v) is 2.78. The second-order valence-electron chi connectivity index (χ2n) is 5.82. The van der Waals surface area contributed by atoms with Gasteiger partial charge < -0.3 is 25.0 Å². The SMILES string of the molecule is COc1cccc(/C=C/NC(=O)Nc2ccccc2N2CCOCC2)c1. The van der Waals surface area contributed by atoms with Crippen molar-refractivity contribution >= 4 is 23.5 Å². The van der Waals surface area contributed by atoms with Gasteiger partial charge in [0, 0.05) is 19.3 Å². The molecular weight excluding hydrogens is 330 g/mol. The Morgan fingerprint density at radius 3 is 2.77 bits per heavy atom. The van der Waals surface area contributed by atoms with Gasteiger partial charge in [-0.25, -0.2) is 4.79 Å². The van der Waals surface area contributed by atoms with Crippen molar-refractivity contribution in [3.63, 3.8) is 0 Å². The summed E-state index contributed by atoms with van der Waals surface area (Å²) >= 11 is 0. The molecule has 0 aromatic heterocycles. The summed E-state index contributed by atoms with van der Waals surface area (Å²) in [7, 11) is 1.63. The summed E-state index contributed by atoms with van der Waals surface area (Å²) in [6.07, 6.45) is 3.43. The van der Waals surface area contributed by atoms with E-state index < -0.39 is 0 Å². The highest BCUT2D eigenvalue weighted by molar-refractivity contribution is 5.94. The van der Waals surface area contributed by atoms with Crippen molar-refractivity contribution in [3.8, 4) is 5.75 Å². The van der Waals surface area contributed by atoms with Crippen molar-refractivity contribution < 1.29 is 14.3 Å². The number of hydrogen-bond donors (Lipinski definition) is 2. The van der Waals surface area contributed by atoms with Crippen LogP contribution in [-0.2, 0) is 4.74 Å². The molecule has 0 spiro atoms. The number of urea groups is 1. The molecule has 1 aliphatic heterocycles. The fourth-order valence-electron chi connectivity index (χ4n) is 2.78. The first-order valence-corrected chi connectivity index (χ1v) is 8.56. The van der Waals surface area contributed by atoms with E-state index in [1.165, 1.54) is 0 Å². The Bertz CT molecular complexity index is 770. The third kappa shape index (κ3) is 4.77. The number of ether oxygens (including phenoxy) is 2. The number of rotatable bonds is 5. The second kappa shape index (κ2) is 8.92. The number of para-hydroxylation sites is 2. The van der Waals surface area contributed by atoms with Crippen LogP contribution in [0.2, 0.25) is 0 Å². The lowest BCUT2D eigenvalue weighted by Gasteiger charge is -2.30. The first-order chi connectivity index (χ1) is 12.8. The maximum Gasteiger partial charge on any atom is 0.323 e. The lowest BCUT2D eigenvalue weighted by molar-refractivity contribution is 0.123. The van der Waals surface area contributed by atoms with Gasteiger partial charge in [0.25, 0.3) is 0 Å². The average molecular weight is 353 g/mol. The number of carbonyl (C=O) groups is 1. The van der Waals surface area contributed by atoms with E-state index in [0.29, 0.717) is 13.2 Å². The molecule has 1 saturated heterocycles. The summed E-state index contributed by atoms with van der Waals surface area (Å²) in [5, 5.41) is 5.64. The van der Waals surface area contributed by atoms with Crippen LogP contribution in [-0.4, -0.2) is 39.4 Å². The summed E-state index contributed by atoms with van der Waals surface area (Å²) in [5.41, 5.74) is 2.72. The molecule has 0 bridgehead atoms. The number of amides is 2. The molecule has 136 valence electrons. The van der Waals surface area contributed by atoms with Gasteiger partial charge >= 0.3 is 6.03 Å². The van der Waals surface area contributed by atoms with Crippen molar-refractivity contribution in [2.24, 2.45) is 0 Å². The standard InChI is InChI=1S/C20H23N3O3/c1-25-17-6-4-5-16(15-17)9-10-21-20(24)22-18-7-2-3-8-19(18)23-11-13-26-14-12-23/h2-10,15H,11-14H2,1H3,(H2,21,22,24)/b10-9+. The van der Waals surface area contributed by atoms with E-state index in [0.717, 1.165) is 35.8 Å². The lowest BCUT2D eigenvalue weighted by atomic mass is 10.2. The summed E-state index contributed by atoms with van der Waals surface area (Å²) in [6.45, 7) is 3.03. The summed E-state index contributed by atoms with van der Waals surface area (Å²) < 4.78 is 10.6. The van der Waals surface area contributed by atoms with Crippen molar-refractivity contribution in [1.29, 1.82) is 0 Å². The number of nitrogens with one attached hydrogen (secondary N) is 2. The molecule has 0 unspecified atom stereocenters. The number of anilines is 2. The fraction of sp³-hybridized carbons (Fsp3) is 0.250. The lowest BCUT2D eigenvalue weighted by Crippen LogP contribution is -2.37. The number of hydrogen-bond acceptors (Lipinski definition) is 4. The maximum absolute atomic E-state index is 12.2. The molecule has 0 atom stereocenters. The predicted octanol–water partition coefficient (Wildman–Crippen LogP) is 3.32.